The van der Waals surface area contributed by atoms with E-state index < -0.39 is 0 Å². The minimum Gasteiger partial charge on any atom is -0.248 e. The fraction of sp³-hybridized carbons (Fsp3) is 0. The van der Waals surface area contributed by atoms with Crippen LogP contribution in [0.25, 0.3) is 100.0 Å². The van der Waals surface area contributed by atoms with Crippen LogP contribution >= 0.6 is 0 Å². The summed E-state index contributed by atoms with van der Waals surface area (Å²) in [5.74, 6) is 0. The van der Waals surface area contributed by atoms with Crippen molar-refractivity contribution in [3.05, 3.63) is 195 Å². The maximum atomic E-state index is 5.01. The van der Waals surface area contributed by atoms with Gasteiger partial charge in [0.05, 0.1) is 22.8 Å². The second-order valence-electron chi connectivity index (χ2n) is 13.7. The van der Waals surface area contributed by atoms with Crippen molar-refractivity contribution in [1.29, 1.82) is 0 Å². The van der Waals surface area contributed by atoms with E-state index in [1.165, 1.54) is 39.8 Å². The average Bonchev–Trinajstić information content (AvgIpc) is 3.29. The molecule has 0 aliphatic carbocycles. The number of rotatable bonds is 7. The van der Waals surface area contributed by atoms with Gasteiger partial charge in [0.2, 0.25) is 0 Å². The molecule has 0 aliphatic heterocycles. The summed E-state index contributed by atoms with van der Waals surface area (Å²) in [6, 6.07) is 56.0. The Morgan fingerprint density at radius 1 is 0.268 bits per heavy atom. The van der Waals surface area contributed by atoms with E-state index in [9.17, 15) is 0 Å². The van der Waals surface area contributed by atoms with Gasteiger partial charge in [-0.3, -0.25) is 0 Å². The molecule has 10 rings (SSSR count). The number of hydrogen-bond donors (Lipinski definition) is 0. The van der Waals surface area contributed by atoms with Gasteiger partial charge in [-0.15, -0.1) is 0 Å². The summed E-state index contributed by atoms with van der Waals surface area (Å²) in [5.41, 5.74) is 14.0. The summed E-state index contributed by atoms with van der Waals surface area (Å²) in [6.45, 7) is 0. The van der Waals surface area contributed by atoms with Crippen molar-refractivity contribution in [2.45, 2.75) is 0 Å². The third kappa shape index (κ3) is 6.35. The zero-order valence-electron chi connectivity index (χ0n) is 30.2. The van der Waals surface area contributed by atoms with Crippen molar-refractivity contribution >= 4 is 21.5 Å². The molecular weight excluding hydrogens is 685 g/mol. The van der Waals surface area contributed by atoms with Crippen LogP contribution in [0.2, 0.25) is 0 Å². The van der Waals surface area contributed by atoms with Gasteiger partial charge in [-0.25, -0.2) is 29.9 Å². The molecule has 6 heteroatoms. The van der Waals surface area contributed by atoms with Crippen molar-refractivity contribution in [2.24, 2.45) is 0 Å². The molecule has 262 valence electrons. The van der Waals surface area contributed by atoms with Gasteiger partial charge in [0.15, 0.2) is 0 Å². The molecule has 0 atom stereocenters. The number of hydrogen-bond acceptors (Lipinski definition) is 6. The molecule has 0 saturated carbocycles. The third-order valence-electron chi connectivity index (χ3n) is 10.2. The molecular formula is C50H32N6. The van der Waals surface area contributed by atoms with Crippen LogP contribution in [0.3, 0.4) is 0 Å². The van der Waals surface area contributed by atoms with E-state index in [-0.39, 0.29) is 0 Å². The third-order valence-corrected chi connectivity index (χ3v) is 10.2. The highest BCUT2D eigenvalue weighted by Crippen LogP contribution is 2.40. The summed E-state index contributed by atoms with van der Waals surface area (Å²) in [5, 5.41) is 4.91. The number of benzene rings is 6. The van der Waals surface area contributed by atoms with E-state index in [2.05, 4.69) is 153 Å². The zero-order chi connectivity index (χ0) is 37.3. The van der Waals surface area contributed by atoms with Gasteiger partial charge in [-0.05, 0) is 116 Å². The largest absolute Gasteiger partial charge is 0.248 e. The average molecular weight is 717 g/mol. The van der Waals surface area contributed by atoms with Gasteiger partial charge in [0.25, 0.3) is 0 Å². The molecule has 0 radical (unpaired) electrons. The van der Waals surface area contributed by atoms with Crippen molar-refractivity contribution in [2.75, 3.05) is 0 Å². The fourth-order valence-electron chi connectivity index (χ4n) is 7.50. The molecule has 0 saturated heterocycles. The van der Waals surface area contributed by atoms with Gasteiger partial charge in [0, 0.05) is 47.0 Å². The molecule has 10 aromatic rings. The number of pyridine rings is 2. The lowest BCUT2D eigenvalue weighted by Gasteiger charge is -2.16. The summed E-state index contributed by atoms with van der Waals surface area (Å²) in [4.78, 5) is 26.8. The highest BCUT2D eigenvalue weighted by atomic mass is 14.8. The van der Waals surface area contributed by atoms with Gasteiger partial charge in [-0.2, -0.15) is 0 Å². The number of aromatic nitrogens is 6. The molecule has 0 bridgehead atoms. The van der Waals surface area contributed by atoms with Crippen molar-refractivity contribution in [1.82, 2.24) is 29.9 Å². The number of nitrogens with zero attached hydrogens (tertiary/aromatic N) is 6. The Bertz CT molecular complexity index is 2890. The Balaban J connectivity index is 1.13. The summed E-state index contributed by atoms with van der Waals surface area (Å²) in [6.07, 6.45) is 10.2. The van der Waals surface area contributed by atoms with Crippen LogP contribution in [0, 0.1) is 0 Å². The smallest absolute Gasteiger partial charge is 0.115 e. The summed E-state index contributed by atoms with van der Waals surface area (Å²) >= 11 is 0. The maximum absolute atomic E-state index is 5.01. The van der Waals surface area contributed by atoms with Crippen LogP contribution in [-0.2, 0) is 0 Å². The van der Waals surface area contributed by atoms with Crippen molar-refractivity contribution in [3.63, 3.8) is 0 Å². The molecule has 6 aromatic carbocycles. The molecule has 0 spiro atoms. The highest BCUT2D eigenvalue weighted by molar-refractivity contribution is 6.14. The van der Waals surface area contributed by atoms with Crippen molar-refractivity contribution in [3.8, 4) is 78.4 Å². The first-order chi connectivity index (χ1) is 27.7. The van der Waals surface area contributed by atoms with E-state index in [4.69, 9.17) is 9.97 Å². The quantitative estimate of drug-likeness (QED) is 0.153. The molecule has 4 aromatic heterocycles. The lowest BCUT2D eigenvalue weighted by atomic mass is 9.88. The first-order valence-corrected chi connectivity index (χ1v) is 18.5. The van der Waals surface area contributed by atoms with Gasteiger partial charge >= 0.3 is 0 Å². The Morgan fingerprint density at radius 2 is 0.679 bits per heavy atom. The van der Waals surface area contributed by atoms with Crippen LogP contribution < -0.4 is 0 Å². The van der Waals surface area contributed by atoms with E-state index >= 15 is 0 Å². The van der Waals surface area contributed by atoms with Crippen LogP contribution in [0.1, 0.15) is 0 Å². The van der Waals surface area contributed by atoms with Crippen LogP contribution in [-0.4, -0.2) is 29.9 Å². The van der Waals surface area contributed by atoms with Gasteiger partial charge < -0.3 is 0 Å². The SMILES string of the molecule is c1cc(-c2cc(-c3cccc(-c4cccc(-c5cncnc5)n4)c3)cc(-c3cc4ccccc4c4ccccc34)c2)cc(-c2cccc(-c3cncnc3)n2)c1. The van der Waals surface area contributed by atoms with Crippen LogP contribution in [0.5, 0.6) is 0 Å². The lowest BCUT2D eigenvalue weighted by Crippen LogP contribution is -1.91. The Morgan fingerprint density at radius 3 is 1.23 bits per heavy atom. The maximum Gasteiger partial charge on any atom is 0.115 e. The minimum absolute atomic E-state index is 0.831. The first-order valence-electron chi connectivity index (χ1n) is 18.5. The van der Waals surface area contributed by atoms with Crippen molar-refractivity contribution < 1.29 is 0 Å². The first kappa shape index (κ1) is 32.9. The molecule has 0 aliphatic rings. The standard InChI is InChI=1S/C50H32N6/c1-2-14-43-35(9-1)26-46(45-16-4-3-15-44(43)45)40-24-38(33-10-5-12-36(21-33)47-17-7-19-49(55-47)41-27-51-31-52-28-41)23-39(25-40)34-11-6-13-37(22-34)48-18-8-20-50(56-48)42-29-53-32-54-30-42/h1-32H. The molecule has 0 unspecified atom stereocenters. The van der Waals surface area contributed by atoms with Crippen LogP contribution in [0.4, 0.5) is 0 Å². The Labute approximate surface area is 324 Å². The Hall–Kier alpha value is -7.70. The highest BCUT2D eigenvalue weighted by Gasteiger charge is 2.14. The zero-order valence-corrected chi connectivity index (χ0v) is 30.2. The molecule has 0 amide bonds. The predicted molar refractivity (Wildman–Crippen MR) is 226 cm³/mol. The topological polar surface area (TPSA) is 77.3 Å². The van der Waals surface area contributed by atoms with E-state index in [0.717, 1.165) is 72.8 Å². The molecule has 6 nitrogen and oxygen atoms in total. The minimum atomic E-state index is 0.831. The summed E-state index contributed by atoms with van der Waals surface area (Å²) < 4.78 is 0. The lowest BCUT2D eigenvalue weighted by molar-refractivity contribution is 1.16. The Kier molecular flexibility index (Phi) is 8.39. The summed E-state index contributed by atoms with van der Waals surface area (Å²) in [7, 11) is 0. The normalized spacial score (nSPS) is 11.2. The molecule has 4 heterocycles. The monoisotopic (exact) mass is 716 g/mol. The predicted octanol–water partition coefficient (Wildman–Crippen LogP) is 12.0. The number of fused-ring (bicyclic) bond motifs is 3. The van der Waals surface area contributed by atoms with Crippen LogP contribution in [0.15, 0.2) is 195 Å². The second kappa shape index (κ2) is 14.3. The van der Waals surface area contributed by atoms with E-state index in [1.54, 1.807) is 24.8 Å². The molecule has 0 fully saturated rings. The molecule has 56 heavy (non-hydrogen) atoms. The fourth-order valence-corrected chi connectivity index (χ4v) is 7.50. The molecule has 0 N–H and O–H groups in total. The van der Waals surface area contributed by atoms with E-state index in [1.807, 2.05) is 24.3 Å². The van der Waals surface area contributed by atoms with E-state index in [0.29, 0.717) is 0 Å². The van der Waals surface area contributed by atoms with Gasteiger partial charge in [-0.1, -0.05) is 97.1 Å². The second-order valence-corrected chi connectivity index (χ2v) is 13.7. The van der Waals surface area contributed by atoms with Gasteiger partial charge in [0.1, 0.15) is 12.7 Å².